The number of nitrogens with one attached hydrogen (secondary N) is 1. The number of piperazine rings is 1. The van der Waals surface area contributed by atoms with Crippen molar-refractivity contribution in [3.8, 4) is 5.75 Å². The molecule has 2 atom stereocenters. The van der Waals surface area contributed by atoms with Crippen LogP contribution in [0.2, 0.25) is 0 Å². The molecule has 0 unspecified atom stereocenters. The predicted octanol–water partition coefficient (Wildman–Crippen LogP) is 2.36. The standard InChI is InChI=1S/C24H27FN4O4/c1-3-33-23(31)20-21(16-7-9-17(25)10-8-16)26-24(27-22(20)30)29-13-11-28(12-14-29)18-5-4-6-19(15-18)32-2/h4-10,15,20-21H,3,11-14H2,1-2H3,(H,26,27,30)/t20-,21-/m1/s1. The van der Waals surface area contributed by atoms with Crippen molar-refractivity contribution in [1.82, 2.24) is 10.2 Å². The van der Waals surface area contributed by atoms with Gasteiger partial charge in [-0.25, -0.2) is 9.38 Å². The second-order valence-corrected chi connectivity index (χ2v) is 7.84. The molecule has 0 bridgehead atoms. The number of hydrogen-bond acceptors (Lipinski definition) is 7. The summed E-state index contributed by atoms with van der Waals surface area (Å²) in [5, 5.41) is 2.78. The van der Waals surface area contributed by atoms with Crippen molar-refractivity contribution in [1.29, 1.82) is 0 Å². The lowest BCUT2D eigenvalue weighted by Gasteiger charge is -2.39. The van der Waals surface area contributed by atoms with E-state index in [-0.39, 0.29) is 6.61 Å². The molecule has 4 rings (SSSR count). The molecule has 1 N–H and O–H groups in total. The summed E-state index contributed by atoms with van der Waals surface area (Å²) < 4.78 is 23.9. The molecule has 9 heteroatoms. The van der Waals surface area contributed by atoms with Gasteiger partial charge in [-0.1, -0.05) is 18.2 Å². The van der Waals surface area contributed by atoms with Gasteiger partial charge in [0.1, 0.15) is 17.6 Å². The first kappa shape index (κ1) is 22.6. The van der Waals surface area contributed by atoms with E-state index in [1.54, 1.807) is 26.2 Å². The minimum absolute atomic E-state index is 0.154. The van der Waals surface area contributed by atoms with Crippen LogP contribution >= 0.6 is 0 Å². The van der Waals surface area contributed by atoms with E-state index in [0.29, 0.717) is 24.6 Å². The van der Waals surface area contributed by atoms with Crippen LogP contribution in [0.5, 0.6) is 5.75 Å². The van der Waals surface area contributed by atoms with E-state index >= 15 is 0 Å². The summed E-state index contributed by atoms with van der Waals surface area (Å²) in [6, 6.07) is 12.8. The molecule has 0 aromatic heterocycles. The number of nitrogens with zero attached hydrogens (tertiary/aromatic N) is 3. The first-order chi connectivity index (χ1) is 16.0. The third-order valence-electron chi connectivity index (χ3n) is 5.84. The monoisotopic (exact) mass is 454 g/mol. The summed E-state index contributed by atoms with van der Waals surface area (Å²) in [6.45, 7) is 4.56. The summed E-state index contributed by atoms with van der Waals surface area (Å²) in [6.07, 6.45) is 0. The van der Waals surface area contributed by atoms with Crippen LogP contribution in [-0.2, 0) is 14.3 Å². The fourth-order valence-corrected chi connectivity index (χ4v) is 4.11. The van der Waals surface area contributed by atoms with Gasteiger partial charge in [0.25, 0.3) is 0 Å². The fraction of sp³-hybridized carbons (Fsp3) is 0.375. The molecule has 8 nitrogen and oxygen atoms in total. The number of guanidine groups is 1. The van der Waals surface area contributed by atoms with Crippen LogP contribution in [0.3, 0.4) is 0 Å². The highest BCUT2D eigenvalue weighted by Gasteiger charge is 2.42. The van der Waals surface area contributed by atoms with Crippen LogP contribution in [0.4, 0.5) is 10.1 Å². The summed E-state index contributed by atoms with van der Waals surface area (Å²) in [7, 11) is 1.64. The summed E-state index contributed by atoms with van der Waals surface area (Å²) in [5.74, 6) is -1.43. The van der Waals surface area contributed by atoms with Gasteiger partial charge in [0.15, 0.2) is 5.92 Å². The molecule has 0 aliphatic carbocycles. The van der Waals surface area contributed by atoms with Crippen LogP contribution in [-0.4, -0.2) is 62.6 Å². The van der Waals surface area contributed by atoms with Gasteiger partial charge in [-0.2, -0.15) is 0 Å². The van der Waals surface area contributed by atoms with Crippen molar-refractivity contribution in [3.63, 3.8) is 0 Å². The average molecular weight is 455 g/mol. The number of hydrogen-bond donors (Lipinski definition) is 1. The maximum Gasteiger partial charge on any atom is 0.321 e. The number of methoxy groups -OCH3 is 1. The number of benzene rings is 2. The Morgan fingerprint density at radius 1 is 1.12 bits per heavy atom. The zero-order valence-corrected chi connectivity index (χ0v) is 18.7. The molecule has 0 spiro atoms. The largest absolute Gasteiger partial charge is 0.497 e. The Morgan fingerprint density at radius 2 is 1.82 bits per heavy atom. The number of esters is 1. The van der Waals surface area contributed by atoms with Crippen LogP contribution in [0.15, 0.2) is 53.5 Å². The summed E-state index contributed by atoms with van der Waals surface area (Å²) >= 11 is 0. The minimum Gasteiger partial charge on any atom is -0.497 e. The van der Waals surface area contributed by atoms with Crippen molar-refractivity contribution in [2.24, 2.45) is 10.9 Å². The number of ether oxygens (including phenoxy) is 2. The SMILES string of the molecule is CCOC(=O)[C@H]1C(=O)NC(N2CCN(c3cccc(OC)c3)CC2)=N[C@@H]1c1ccc(F)cc1. The molecule has 1 amide bonds. The predicted molar refractivity (Wildman–Crippen MR) is 122 cm³/mol. The molecule has 33 heavy (non-hydrogen) atoms. The highest BCUT2D eigenvalue weighted by Crippen LogP contribution is 2.31. The number of amides is 1. The third kappa shape index (κ3) is 4.92. The zero-order chi connectivity index (χ0) is 23.4. The first-order valence-corrected chi connectivity index (χ1v) is 10.9. The number of carbonyl (C=O) groups excluding carboxylic acids is 2. The van der Waals surface area contributed by atoms with E-state index in [4.69, 9.17) is 14.5 Å². The van der Waals surface area contributed by atoms with E-state index in [2.05, 4.69) is 10.2 Å². The fourth-order valence-electron chi connectivity index (χ4n) is 4.11. The number of aliphatic imine (C=N–C) groups is 1. The van der Waals surface area contributed by atoms with Crippen LogP contribution in [0.1, 0.15) is 18.5 Å². The summed E-state index contributed by atoms with van der Waals surface area (Å²) in [5.41, 5.74) is 1.65. The van der Waals surface area contributed by atoms with Gasteiger partial charge in [-0.3, -0.25) is 14.9 Å². The Kier molecular flexibility index (Phi) is 6.76. The highest BCUT2D eigenvalue weighted by atomic mass is 19.1. The zero-order valence-electron chi connectivity index (χ0n) is 18.7. The molecule has 2 aromatic rings. The second-order valence-electron chi connectivity index (χ2n) is 7.84. The smallest absolute Gasteiger partial charge is 0.321 e. The minimum atomic E-state index is -1.13. The van der Waals surface area contributed by atoms with Crippen LogP contribution in [0, 0.1) is 11.7 Å². The average Bonchev–Trinajstić information content (AvgIpc) is 2.84. The van der Waals surface area contributed by atoms with Crippen molar-refractivity contribution < 1.29 is 23.5 Å². The van der Waals surface area contributed by atoms with Gasteiger partial charge >= 0.3 is 5.97 Å². The molecule has 2 aliphatic heterocycles. The Labute approximate surface area is 192 Å². The highest BCUT2D eigenvalue weighted by molar-refractivity contribution is 6.08. The van der Waals surface area contributed by atoms with E-state index in [9.17, 15) is 14.0 Å². The quantitative estimate of drug-likeness (QED) is 0.552. The van der Waals surface area contributed by atoms with Crippen molar-refractivity contribution in [2.75, 3.05) is 44.8 Å². The van der Waals surface area contributed by atoms with Crippen molar-refractivity contribution >= 4 is 23.5 Å². The number of carbonyl (C=O) groups is 2. The molecule has 2 aliphatic rings. The molecule has 1 saturated heterocycles. The maximum atomic E-state index is 13.5. The Hall–Kier alpha value is -3.62. The molecule has 2 aromatic carbocycles. The number of anilines is 1. The Bertz CT molecular complexity index is 1040. The van der Waals surface area contributed by atoms with Gasteiger partial charge in [0.2, 0.25) is 11.9 Å². The maximum absolute atomic E-state index is 13.5. The van der Waals surface area contributed by atoms with Gasteiger partial charge < -0.3 is 19.3 Å². The normalized spacial score (nSPS) is 20.7. The van der Waals surface area contributed by atoms with Crippen molar-refractivity contribution in [2.45, 2.75) is 13.0 Å². The van der Waals surface area contributed by atoms with Crippen LogP contribution in [0.25, 0.3) is 0 Å². The van der Waals surface area contributed by atoms with Crippen molar-refractivity contribution in [3.05, 3.63) is 59.9 Å². The van der Waals surface area contributed by atoms with E-state index in [1.165, 1.54) is 12.1 Å². The molecular weight excluding hydrogens is 427 g/mol. The molecule has 0 radical (unpaired) electrons. The Morgan fingerprint density at radius 3 is 2.48 bits per heavy atom. The third-order valence-corrected chi connectivity index (χ3v) is 5.84. The molecule has 0 saturated carbocycles. The lowest BCUT2D eigenvalue weighted by atomic mass is 9.91. The Balaban J connectivity index is 1.54. The van der Waals surface area contributed by atoms with Gasteiger partial charge in [-0.05, 0) is 36.8 Å². The van der Waals surface area contributed by atoms with E-state index < -0.39 is 29.7 Å². The van der Waals surface area contributed by atoms with E-state index in [0.717, 1.165) is 24.5 Å². The molecule has 2 heterocycles. The van der Waals surface area contributed by atoms with E-state index in [1.807, 2.05) is 29.2 Å². The van der Waals surface area contributed by atoms with Crippen LogP contribution < -0.4 is 15.0 Å². The number of rotatable bonds is 5. The van der Waals surface area contributed by atoms with Gasteiger partial charge in [0.05, 0.1) is 13.7 Å². The lowest BCUT2D eigenvalue weighted by Crippen LogP contribution is -2.57. The van der Waals surface area contributed by atoms with Gasteiger partial charge in [0, 0.05) is 37.9 Å². The van der Waals surface area contributed by atoms with Gasteiger partial charge in [-0.15, -0.1) is 0 Å². The molecule has 1 fully saturated rings. The molecular formula is C24H27FN4O4. The topological polar surface area (TPSA) is 83.5 Å². The number of halogens is 1. The first-order valence-electron chi connectivity index (χ1n) is 10.9. The lowest BCUT2D eigenvalue weighted by molar-refractivity contribution is -0.153. The molecule has 174 valence electrons. The summed E-state index contributed by atoms with van der Waals surface area (Å²) in [4.78, 5) is 34.4. The second kappa shape index (κ2) is 9.89.